The number of amides is 3. The summed E-state index contributed by atoms with van der Waals surface area (Å²) in [4.78, 5) is 39.0. The first-order valence-corrected chi connectivity index (χ1v) is 9.71. The number of nitrogens with one attached hydrogen (secondary N) is 2. The van der Waals surface area contributed by atoms with Crippen molar-refractivity contribution >= 4 is 40.9 Å². The van der Waals surface area contributed by atoms with Crippen molar-refractivity contribution in [2.45, 2.75) is 11.3 Å². The van der Waals surface area contributed by atoms with E-state index >= 15 is 0 Å². The predicted octanol–water partition coefficient (Wildman–Crippen LogP) is 2.84. The zero-order valence-electron chi connectivity index (χ0n) is 15.7. The number of rotatable bonds is 5. The van der Waals surface area contributed by atoms with E-state index in [4.69, 9.17) is 4.74 Å². The predicted molar refractivity (Wildman–Crippen MR) is 109 cm³/mol. The van der Waals surface area contributed by atoms with Crippen LogP contribution < -0.4 is 15.4 Å². The Morgan fingerprint density at radius 1 is 1.25 bits per heavy atom. The van der Waals surface area contributed by atoms with Crippen molar-refractivity contribution in [1.82, 2.24) is 4.90 Å². The van der Waals surface area contributed by atoms with E-state index in [1.165, 1.54) is 4.90 Å². The Morgan fingerprint density at radius 3 is 2.86 bits per heavy atom. The molecule has 3 amide bonds. The summed E-state index contributed by atoms with van der Waals surface area (Å²) < 4.78 is 5.13. The van der Waals surface area contributed by atoms with Crippen LogP contribution in [-0.2, 0) is 9.59 Å². The minimum Gasteiger partial charge on any atom is -0.497 e. The van der Waals surface area contributed by atoms with Crippen molar-refractivity contribution < 1.29 is 19.1 Å². The first-order valence-electron chi connectivity index (χ1n) is 8.72. The molecule has 0 aliphatic carbocycles. The Bertz CT molecular complexity index is 916. The average Bonchev–Trinajstić information content (AvgIpc) is 2.87. The first kappa shape index (κ1) is 19.8. The zero-order valence-corrected chi connectivity index (χ0v) is 16.5. The number of anilines is 2. The molecule has 0 saturated heterocycles. The highest BCUT2D eigenvalue weighted by Gasteiger charge is 2.19. The van der Waals surface area contributed by atoms with E-state index in [-0.39, 0.29) is 24.3 Å². The molecule has 0 fully saturated rings. The summed E-state index contributed by atoms with van der Waals surface area (Å²) in [5.41, 5.74) is 1.64. The van der Waals surface area contributed by atoms with Gasteiger partial charge in [0.05, 0.1) is 19.3 Å². The first-order chi connectivity index (χ1) is 13.5. The molecule has 2 aromatic rings. The zero-order chi connectivity index (χ0) is 20.1. The van der Waals surface area contributed by atoms with E-state index in [1.807, 2.05) is 6.07 Å². The van der Waals surface area contributed by atoms with Crippen LogP contribution in [0.25, 0.3) is 0 Å². The fourth-order valence-corrected chi connectivity index (χ4v) is 3.70. The molecule has 0 aromatic heterocycles. The maximum Gasteiger partial charge on any atom is 0.254 e. The van der Waals surface area contributed by atoms with Crippen molar-refractivity contribution in [3.8, 4) is 5.75 Å². The molecule has 8 heteroatoms. The second kappa shape index (κ2) is 8.79. The largest absolute Gasteiger partial charge is 0.497 e. The van der Waals surface area contributed by atoms with Crippen LogP contribution >= 0.6 is 11.8 Å². The molecule has 2 N–H and O–H groups in total. The van der Waals surface area contributed by atoms with Gasteiger partial charge < -0.3 is 20.3 Å². The number of methoxy groups -OCH3 is 1. The molecule has 1 aliphatic rings. The van der Waals surface area contributed by atoms with E-state index < -0.39 is 0 Å². The van der Waals surface area contributed by atoms with Crippen LogP contribution in [0.4, 0.5) is 11.4 Å². The van der Waals surface area contributed by atoms with Gasteiger partial charge in [-0.15, -0.1) is 11.8 Å². The lowest BCUT2D eigenvalue weighted by atomic mass is 10.1. The van der Waals surface area contributed by atoms with E-state index in [1.54, 1.807) is 62.3 Å². The fraction of sp³-hybridized carbons (Fsp3) is 0.250. The topological polar surface area (TPSA) is 87.7 Å². The van der Waals surface area contributed by atoms with Crippen LogP contribution in [-0.4, -0.2) is 49.1 Å². The monoisotopic (exact) mass is 399 g/mol. The number of fused-ring (bicyclic) bond motifs is 1. The van der Waals surface area contributed by atoms with Crippen LogP contribution in [0.1, 0.15) is 16.8 Å². The van der Waals surface area contributed by atoms with Gasteiger partial charge in [0.1, 0.15) is 5.75 Å². The fourth-order valence-electron chi connectivity index (χ4n) is 2.76. The third kappa shape index (κ3) is 4.83. The van der Waals surface area contributed by atoms with Gasteiger partial charge in [-0.25, -0.2) is 0 Å². The molecule has 0 spiro atoms. The molecule has 7 nitrogen and oxygen atoms in total. The highest BCUT2D eigenvalue weighted by Crippen LogP contribution is 2.31. The Hall–Kier alpha value is -3.00. The van der Waals surface area contributed by atoms with Crippen LogP contribution in [0.15, 0.2) is 47.4 Å². The van der Waals surface area contributed by atoms with Gasteiger partial charge in [0.2, 0.25) is 11.8 Å². The van der Waals surface area contributed by atoms with Crippen molar-refractivity contribution in [2.24, 2.45) is 0 Å². The number of likely N-dealkylation sites (N-methyl/N-ethyl adjacent to an activating group) is 1. The molecule has 28 heavy (non-hydrogen) atoms. The van der Waals surface area contributed by atoms with E-state index in [0.717, 1.165) is 4.90 Å². The third-order valence-electron chi connectivity index (χ3n) is 4.17. The number of hydrogen-bond donors (Lipinski definition) is 2. The number of carbonyl (C=O) groups is 3. The molecular formula is C20H21N3O4S. The van der Waals surface area contributed by atoms with Crippen LogP contribution in [0, 0.1) is 0 Å². The summed E-state index contributed by atoms with van der Waals surface area (Å²) in [6.07, 6.45) is 0.437. The number of ether oxygens (including phenoxy) is 1. The van der Waals surface area contributed by atoms with E-state index in [0.29, 0.717) is 34.9 Å². The molecule has 1 heterocycles. The highest BCUT2D eigenvalue weighted by molar-refractivity contribution is 7.99. The lowest BCUT2D eigenvalue weighted by molar-refractivity contribution is -0.117. The molecular weight excluding hydrogens is 378 g/mol. The van der Waals surface area contributed by atoms with Gasteiger partial charge >= 0.3 is 0 Å². The molecule has 2 aromatic carbocycles. The van der Waals surface area contributed by atoms with Gasteiger partial charge in [-0.2, -0.15) is 0 Å². The Balaban J connectivity index is 1.65. The van der Waals surface area contributed by atoms with Crippen molar-refractivity contribution in [1.29, 1.82) is 0 Å². The molecule has 0 unspecified atom stereocenters. The summed E-state index contributed by atoms with van der Waals surface area (Å²) in [6.45, 7) is -0.103. The molecule has 0 saturated carbocycles. The molecule has 3 rings (SSSR count). The third-order valence-corrected chi connectivity index (χ3v) is 5.24. The van der Waals surface area contributed by atoms with E-state index in [2.05, 4.69) is 10.6 Å². The number of benzene rings is 2. The van der Waals surface area contributed by atoms with Gasteiger partial charge in [-0.1, -0.05) is 6.07 Å². The molecule has 1 aliphatic heterocycles. The average molecular weight is 399 g/mol. The molecule has 0 atom stereocenters. The summed E-state index contributed by atoms with van der Waals surface area (Å²) >= 11 is 1.57. The van der Waals surface area contributed by atoms with Gasteiger partial charge in [0.25, 0.3) is 5.91 Å². The smallest absolute Gasteiger partial charge is 0.254 e. The lowest BCUT2D eigenvalue weighted by Gasteiger charge is -2.18. The summed E-state index contributed by atoms with van der Waals surface area (Å²) in [6, 6.07) is 12.2. The second-order valence-corrected chi connectivity index (χ2v) is 7.44. The number of thioether (sulfide) groups is 1. The lowest BCUT2D eigenvalue weighted by Crippen LogP contribution is -2.35. The highest BCUT2D eigenvalue weighted by atomic mass is 32.2. The number of nitrogens with zero attached hydrogens (tertiary/aromatic N) is 1. The molecule has 0 bridgehead atoms. The minimum absolute atomic E-state index is 0.0677. The maximum atomic E-state index is 12.7. The van der Waals surface area contributed by atoms with E-state index in [9.17, 15) is 14.4 Å². The van der Waals surface area contributed by atoms with Crippen LogP contribution in [0.5, 0.6) is 5.75 Å². The SMILES string of the molecule is COc1cccc(NC(=O)CN(C)C(=O)c2ccc3c(c2)NC(=O)CCS3)c1. The number of carbonyl (C=O) groups excluding carboxylic acids is 3. The van der Waals surface area contributed by atoms with Crippen molar-refractivity contribution in [2.75, 3.05) is 37.1 Å². The van der Waals surface area contributed by atoms with Crippen molar-refractivity contribution in [3.05, 3.63) is 48.0 Å². The maximum absolute atomic E-state index is 12.7. The van der Waals surface area contributed by atoms with Gasteiger partial charge in [-0.05, 0) is 30.3 Å². The summed E-state index contributed by atoms with van der Waals surface area (Å²) in [5, 5.41) is 5.56. The number of hydrogen-bond acceptors (Lipinski definition) is 5. The minimum atomic E-state index is -0.317. The Labute approximate surface area is 167 Å². The normalized spacial score (nSPS) is 13.0. The second-order valence-electron chi connectivity index (χ2n) is 6.30. The van der Waals surface area contributed by atoms with Gasteiger partial charge in [-0.3, -0.25) is 14.4 Å². The molecule has 146 valence electrons. The van der Waals surface area contributed by atoms with Gasteiger partial charge in [0, 0.05) is 41.4 Å². The van der Waals surface area contributed by atoms with Crippen LogP contribution in [0.3, 0.4) is 0 Å². The Kier molecular flexibility index (Phi) is 6.20. The standard InChI is InChI=1S/C20H21N3O4S/c1-23(12-19(25)21-14-4-3-5-15(11-14)27-2)20(26)13-6-7-17-16(10-13)22-18(24)8-9-28-17/h3-7,10-11H,8-9,12H2,1-2H3,(H,21,25)(H,22,24). The summed E-state index contributed by atoms with van der Waals surface area (Å²) in [7, 11) is 3.11. The Morgan fingerprint density at radius 2 is 2.07 bits per heavy atom. The van der Waals surface area contributed by atoms with Gasteiger partial charge in [0.15, 0.2) is 0 Å². The molecule has 0 radical (unpaired) electrons. The van der Waals surface area contributed by atoms with Crippen LogP contribution in [0.2, 0.25) is 0 Å². The summed E-state index contributed by atoms with van der Waals surface area (Å²) in [5.74, 6) is 0.653. The quantitative estimate of drug-likeness (QED) is 0.807. The van der Waals surface area contributed by atoms with Crippen molar-refractivity contribution in [3.63, 3.8) is 0 Å².